The van der Waals surface area contributed by atoms with E-state index in [1.807, 2.05) is 6.92 Å². The second kappa shape index (κ2) is 5.00. The molecule has 0 aromatic carbocycles. The van der Waals surface area contributed by atoms with Gasteiger partial charge < -0.3 is 5.32 Å². The average Bonchev–Trinajstić information content (AvgIpc) is 2.71. The minimum Gasteiger partial charge on any atom is -0.344 e. The predicted octanol–water partition coefficient (Wildman–Crippen LogP) is 2.63. The Kier molecular flexibility index (Phi) is 3.62. The number of aromatic nitrogens is 1. The first-order valence-electron chi connectivity index (χ1n) is 6.01. The Morgan fingerprint density at radius 1 is 1.71 bits per heavy atom. The van der Waals surface area contributed by atoms with E-state index >= 15 is 0 Å². The monoisotopic (exact) mass is 250 g/mol. The Balaban J connectivity index is 2.12. The Morgan fingerprint density at radius 2 is 2.47 bits per heavy atom. The van der Waals surface area contributed by atoms with Gasteiger partial charge in [0.25, 0.3) is 0 Å². The van der Waals surface area contributed by atoms with E-state index in [4.69, 9.17) is 0 Å². The molecule has 1 aliphatic rings. The lowest BCUT2D eigenvalue weighted by molar-refractivity contribution is -0.117. The predicted molar refractivity (Wildman–Crippen MR) is 70.1 cm³/mol. The van der Waals surface area contributed by atoms with E-state index in [0.717, 1.165) is 23.8 Å². The van der Waals surface area contributed by atoms with E-state index in [0.29, 0.717) is 0 Å². The molecule has 0 bridgehead atoms. The van der Waals surface area contributed by atoms with Gasteiger partial charge in [-0.1, -0.05) is 13.5 Å². The normalized spacial score (nSPS) is 20.5. The first-order valence-corrected chi connectivity index (χ1v) is 6.83. The summed E-state index contributed by atoms with van der Waals surface area (Å²) in [5, 5.41) is 3.87. The zero-order valence-electron chi connectivity index (χ0n) is 10.3. The summed E-state index contributed by atoms with van der Waals surface area (Å²) in [6.07, 6.45) is 4.74. The highest BCUT2D eigenvalue weighted by Crippen LogP contribution is 2.31. The Morgan fingerprint density at radius 3 is 3.18 bits per heavy atom. The van der Waals surface area contributed by atoms with Crippen LogP contribution in [0.1, 0.15) is 41.9 Å². The number of hydrogen-bond acceptors (Lipinski definition) is 3. The van der Waals surface area contributed by atoms with Crippen molar-refractivity contribution in [2.45, 2.75) is 39.2 Å². The summed E-state index contributed by atoms with van der Waals surface area (Å²) in [5.74, 6) is 0.618. The van der Waals surface area contributed by atoms with Crippen molar-refractivity contribution in [3.8, 4) is 0 Å². The Bertz CT molecular complexity index is 439. The summed E-state index contributed by atoms with van der Waals surface area (Å²) < 4.78 is 0. The van der Waals surface area contributed by atoms with Gasteiger partial charge in [0.05, 0.1) is 11.7 Å². The third-order valence-corrected chi connectivity index (χ3v) is 4.42. The highest BCUT2D eigenvalue weighted by Gasteiger charge is 2.21. The van der Waals surface area contributed by atoms with Crippen LogP contribution in [0.3, 0.4) is 0 Å². The van der Waals surface area contributed by atoms with Gasteiger partial charge >= 0.3 is 0 Å². The fourth-order valence-corrected chi connectivity index (χ4v) is 3.36. The molecule has 2 rings (SSSR count). The van der Waals surface area contributed by atoms with E-state index in [9.17, 15) is 4.79 Å². The van der Waals surface area contributed by atoms with Gasteiger partial charge in [0.2, 0.25) is 5.91 Å². The standard InChI is InChI=1S/C13H18N2OS/c1-4-12(16)14-9(3)13-15-10-6-5-8(2)7-11(10)17-13/h4,8-9H,1,5-7H2,2-3H3,(H,14,16). The van der Waals surface area contributed by atoms with Gasteiger partial charge in [0, 0.05) is 4.88 Å². The molecule has 92 valence electrons. The highest BCUT2D eigenvalue weighted by atomic mass is 32.1. The largest absolute Gasteiger partial charge is 0.344 e. The maximum atomic E-state index is 11.2. The molecular formula is C13H18N2OS. The van der Waals surface area contributed by atoms with Crippen molar-refractivity contribution in [2.24, 2.45) is 5.92 Å². The maximum Gasteiger partial charge on any atom is 0.243 e. The molecule has 3 nitrogen and oxygen atoms in total. The molecule has 0 aliphatic heterocycles. The van der Waals surface area contributed by atoms with Crippen LogP contribution in [-0.2, 0) is 17.6 Å². The lowest BCUT2D eigenvalue weighted by Gasteiger charge is -2.15. The van der Waals surface area contributed by atoms with E-state index in [-0.39, 0.29) is 11.9 Å². The number of nitrogens with one attached hydrogen (secondary N) is 1. The minimum atomic E-state index is -0.140. The molecule has 1 N–H and O–H groups in total. The van der Waals surface area contributed by atoms with Gasteiger partial charge in [-0.2, -0.15) is 0 Å². The smallest absolute Gasteiger partial charge is 0.243 e. The maximum absolute atomic E-state index is 11.2. The molecular weight excluding hydrogens is 232 g/mol. The summed E-state index contributed by atoms with van der Waals surface area (Å²) in [7, 11) is 0. The van der Waals surface area contributed by atoms with Crippen LogP contribution in [0, 0.1) is 5.92 Å². The van der Waals surface area contributed by atoms with Crippen LogP contribution in [0.4, 0.5) is 0 Å². The SMILES string of the molecule is C=CC(=O)NC(C)c1nc2c(s1)CC(C)CC2. The molecule has 17 heavy (non-hydrogen) atoms. The number of carbonyl (C=O) groups excluding carboxylic acids is 1. The molecule has 1 aromatic heterocycles. The molecule has 0 radical (unpaired) electrons. The van der Waals surface area contributed by atoms with Crippen LogP contribution < -0.4 is 5.32 Å². The van der Waals surface area contributed by atoms with Gasteiger partial charge in [-0.25, -0.2) is 4.98 Å². The zero-order chi connectivity index (χ0) is 12.4. The van der Waals surface area contributed by atoms with E-state index in [1.54, 1.807) is 11.3 Å². The fraction of sp³-hybridized carbons (Fsp3) is 0.538. The van der Waals surface area contributed by atoms with Gasteiger partial charge in [-0.3, -0.25) is 4.79 Å². The third kappa shape index (κ3) is 2.75. The van der Waals surface area contributed by atoms with Crippen molar-refractivity contribution < 1.29 is 4.79 Å². The molecule has 1 amide bonds. The molecule has 1 heterocycles. The first-order chi connectivity index (χ1) is 8.10. The summed E-state index contributed by atoms with van der Waals surface area (Å²) in [4.78, 5) is 17.3. The van der Waals surface area contributed by atoms with Crippen LogP contribution in [0.25, 0.3) is 0 Å². The molecule has 0 fully saturated rings. The van der Waals surface area contributed by atoms with Crippen molar-refractivity contribution in [1.29, 1.82) is 0 Å². The number of aryl methyl sites for hydroxylation is 1. The zero-order valence-corrected chi connectivity index (χ0v) is 11.1. The van der Waals surface area contributed by atoms with E-state index in [1.165, 1.54) is 23.1 Å². The minimum absolute atomic E-state index is 0.0218. The fourth-order valence-electron chi connectivity index (χ4n) is 2.08. The topological polar surface area (TPSA) is 42.0 Å². The molecule has 0 spiro atoms. The lowest BCUT2D eigenvalue weighted by Crippen LogP contribution is -2.24. The van der Waals surface area contributed by atoms with E-state index in [2.05, 4.69) is 23.8 Å². The van der Waals surface area contributed by atoms with Crippen molar-refractivity contribution in [3.05, 3.63) is 28.2 Å². The quantitative estimate of drug-likeness (QED) is 0.838. The molecule has 2 atom stereocenters. The molecule has 1 aliphatic carbocycles. The number of fused-ring (bicyclic) bond motifs is 1. The van der Waals surface area contributed by atoms with Crippen LogP contribution in [0.2, 0.25) is 0 Å². The first kappa shape index (κ1) is 12.3. The summed E-state index contributed by atoms with van der Waals surface area (Å²) in [6.45, 7) is 7.70. The number of amides is 1. The number of nitrogens with zero attached hydrogens (tertiary/aromatic N) is 1. The average molecular weight is 250 g/mol. The van der Waals surface area contributed by atoms with Gasteiger partial charge in [0.1, 0.15) is 5.01 Å². The molecule has 2 unspecified atom stereocenters. The van der Waals surface area contributed by atoms with Gasteiger partial charge in [0.15, 0.2) is 0 Å². The van der Waals surface area contributed by atoms with Crippen molar-refractivity contribution >= 4 is 17.2 Å². The Hall–Kier alpha value is -1.16. The highest BCUT2D eigenvalue weighted by molar-refractivity contribution is 7.11. The number of carbonyl (C=O) groups is 1. The van der Waals surface area contributed by atoms with Crippen LogP contribution in [-0.4, -0.2) is 10.9 Å². The summed E-state index contributed by atoms with van der Waals surface area (Å²) in [5.41, 5.74) is 1.24. The summed E-state index contributed by atoms with van der Waals surface area (Å²) in [6, 6.07) is -0.0218. The molecule has 0 saturated heterocycles. The third-order valence-electron chi connectivity index (χ3n) is 3.12. The van der Waals surface area contributed by atoms with Crippen molar-refractivity contribution in [1.82, 2.24) is 10.3 Å². The molecule has 1 aromatic rings. The number of hydrogen-bond donors (Lipinski definition) is 1. The second-order valence-corrected chi connectivity index (χ2v) is 5.82. The summed E-state index contributed by atoms with van der Waals surface area (Å²) >= 11 is 1.74. The van der Waals surface area contributed by atoms with Crippen LogP contribution >= 0.6 is 11.3 Å². The van der Waals surface area contributed by atoms with E-state index < -0.39 is 0 Å². The number of rotatable bonds is 3. The lowest BCUT2D eigenvalue weighted by atomic mass is 9.93. The van der Waals surface area contributed by atoms with Gasteiger partial charge in [-0.15, -0.1) is 11.3 Å². The second-order valence-electron chi connectivity index (χ2n) is 4.70. The Labute approximate surface area is 106 Å². The molecule has 4 heteroatoms. The van der Waals surface area contributed by atoms with Crippen molar-refractivity contribution in [2.75, 3.05) is 0 Å². The number of thiazole rings is 1. The van der Waals surface area contributed by atoms with Gasteiger partial charge in [-0.05, 0) is 38.2 Å². The van der Waals surface area contributed by atoms with Crippen molar-refractivity contribution in [3.63, 3.8) is 0 Å². The van der Waals surface area contributed by atoms with Crippen LogP contribution in [0.15, 0.2) is 12.7 Å². The van der Waals surface area contributed by atoms with Crippen LogP contribution in [0.5, 0.6) is 0 Å². The molecule has 0 saturated carbocycles.